The molecular weight excluding hydrogens is 426 g/mol. The second-order valence-corrected chi connectivity index (χ2v) is 8.55. The number of fused-ring (bicyclic) bond motifs is 1. The highest BCUT2D eigenvalue weighted by Crippen LogP contribution is 2.26. The van der Waals surface area contributed by atoms with Crippen molar-refractivity contribution in [1.82, 2.24) is 19.7 Å². The highest BCUT2D eigenvalue weighted by molar-refractivity contribution is 7.17. The van der Waals surface area contributed by atoms with E-state index in [2.05, 4.69) is 20.5 Å². The number of anilines is 1. The van der Waals surface area contributed by atoms with Gasteiger partial charge in [0.05, 0.1) is 10.9 Å². The van der Waals surface area contributed by atoms with Gasteiger partial charge in [-0.3, -0.25) is 19.5 Å². The number of rotatable bonds is 5. The molecule has 0 spiro atoms. The lowest BCUT2D eigenvalue weighted by atomic mass is 10.1. The molecule has 11 heteroatoms. The van der Waals surface area contributed by atoms with Crippen LogP contribution in [0.3, 0.4) is 0 Å². The van der Waals surface area contributed by atoms with Crippen LogP contribution in [-0.2, 0) is 11.3 Å². The van der Waals surface area contributed by atoms with Crippen molar-refractivity contribution in [2.24, 2.45) is 0 Å². The number of benzene rings is 1. The number of carbonyl (C=O) groups excluding carboxylic acids is 1. The van der Waals surface area contributed by atoms with Gasteiger partial charge in [-0.15, -0.1) is 21.5 Å². The number of carboxylic acids is 1. The minimum Gasteiger partial charge on any atom is -0.478 e. The van der Waals surface area contributed by atoms with Gasteiger partial charge in [-0.05, 0) is 19.9 Å². The van der Waals surface area contributed by atoms with E-state index in [1.165, 1.54) is 21.3 Å². The largest absolute Gasteiger partial charge is 0.478 e. The van der Waals surface area contributed by atoms with Gasteiger partial charge in [-0.25, -0.2) is 9.78 Å². The number of amides is 1. The first kappa shape index (κ1) is 19.9. The average Bonchev–Trinajstić information content (AvgIpc) is 3.30. The van der Waals surface area contributed by atoms with Crippen LogP contribution in [0.1, 0.15) is 20.9 Å². The van der Waals surface area contributed by atoms with E-state index >= 15 is 0 Å². The number of aryl methyl sites for hydroxylation is 2. The van der Waals surface area contributed by atoms with Gasteiger partial charge in [-0.1, -0.05) is 35.1 Å². The van der Waals surface area contributed by atoms with Crippen LogP contribution in [0, 0.1) is 13.8 Å². The predicted molar refractivity (Wildman–Crippen MR) is 114 cm³/mol. The van der Waals surface area contributed by atoms with Gasteiger partial charge in [0.25, 0.3) is 5.56 Å². The minimum atomic E-state index is -1.22. The molecule has 0 aliphatic carbocycles. The van der Waals surface area contributed by atoms with E-state index in [1.54, 1.807) is 13.0 Å². The van der Waals surface area contributed by atoms with E-state index in [0.717, 1.165) is 16.9 Å². The molecule has 0 saturated heterocycles. The number of aromatic nitrogens is 4. The normalized spacial score (nSPS) is 11.0. The van der Waals surface area contributed by atoms with Gasteiger partial charge in [0, 0.05) is 10.9 Å². The minimum absolute atomic E-state index is 0.0107. The maximum Gasteiger partial charge on any atom is 0.337 e. The summed E-state index contributed by atoms with van der Waals surface area (Å²) in [6, 6.07) is 7.37. The third-order valence-corrected chi connectivity index (χ3v) is 5.90. The Balaban J connectivity index is 1.85. The lowest BCUT2D eigenvalue weighted by Crippen LogP contribution is -2.30. The van der Waals surface area contributed by atoms with Gasteiger partial charge in [0.2, 0.25) is 11.0 Å². The molecule has 0 saturated carbocycles. The number of hydrogen-bond donors (Lipinski definition) is 2. The van der Waals surface area contributed by atoms with Crippen molar-refractivity contribution in [3.8, 4) is 11.4 Å². The number of hydrogen-bond acceptors (Lipinski definition) is 8. The van der Waals surface area contributed by atoms with Crippen molar-refractivity contribution in [2.75, 3.05) is 5.32 Å². The van der Waals surface area contributed by atoms with E-state index in [4.69, 9.17) is 0 Å². The van der Waals surface area contributed by atoms with E-state index in [1.807, 2.05) is 25.1 Å². The molecule has 0 fully saturated rings. The lowest BCUT2D eigenvalue weighted by molar-refractivity contribution is -0.116. The summed E-state index contributed by atoms with van der Waals surface area (Å²) in [6.45, 7) is 3.32. The zero-order chi connectivity index (χ0) is 21.4. The van der Waals surface area contributed by atoms with Crippen LogP contribution in [0.4, 0.5) is 5.13 Å². The van der Waals surface area contributed by atoms with E-state index in [-0.39, 0.29) is 17.5 Å². The SMILES string of the molecule is Cc1cccc(-c2nc3scc(C(=O)O)c3c(=O)n2CC(=O)Nc2nnc(C)s2)c1. The van der Waals surface area contributed by atoms with Crippen molar-refractivity contribution in [2.45, 2.75) is 20.4 Å². The Hall–Kier alpha value is -3.44. The Morgan fingerprint density at radius 1 is 1.23 bits per heavy atom. The summed E-state index contributed by atoms with van der Waals surface area (Å²) in [6.07, 6.45) is 0. The Morgan fingerprint density at radius 3 is 2.70 bits per heavy atom. The first-order chi connectivity index (χ1) is 14.3. The number of carboxylic acid groups (broad SMARTS) is 1. The number of thiophene rings is 1. The molecule has 0 aliphatic rings. The van der Waals surface area contributed by atoms with Crippen LogP contribution in [0.2, 0.25) is 0 Å². The zero-order valence-corrected chi connectivity index (χ0v) is 17.5. The quantitative estimate of drug-likeness (QED) is 0.487. The highest BCUT2D eigenvalue weighted by Gasteiger charge is 2.22. The topological polar surface area (TPSA) is 127 Å². The van der Waals surface area contributed by atoms with Crippen molar-refractivity contribution in [3.05, 3.63) is 56.1 Å². The summed E-state index contributed by atoms with van der Waals surface area (Å²) in [5.74, 6) is -1.42. The predicted octanol–water partition coefficient (Wildman–Crippen LogP) is 2.93. The molecule has 9 nitrogen and oxygen atoms in total. The maximum atomic E-state index is 13.2. The highest BCUT2D eigenvalue weighted by atomic mass is 32.1. The molecule has 0 unspecified atom stereocenters. The second kappa shape index (κ2) is 7.76. The molecule has 1 aromatic carbocycles. The van der Waals surface area contributed by atoms with Gasteiger partial charge in [-0.2, -0.15) is 0 Å². The third-order valence-electron chi connectivity index (χ3n) is 4.27. The zero-order valence-electron chi connectivity index (χ0n) is 15.9. The van der Waals surface area contributed by atoms with E-state index < -0.39 is 17.4 Å². The summed E-state index contributed by atoms with van der Waals surface area (Å²) in [5, 5.41) is 22.1. The fourth-order valence-electron chi connectivity index (χ4n) is 2.98. The molecular formula is C19H15N5O4S2. The van der Waals surface area contributed by atoms with Crippen LogP contribution in [0.15, 0.2) is 34.4 Å². The summed E-state index contributed by atoms with van der Waals surface area (Å²) >= 11 is 2.29. The van der Waals surface area contributed by atoms with Crippen LogP contribution in [0.25, 0.3) is 21.6 Å². The van der Waals surface area contributed by atoms with Crippen molar-refractivity contribution in [3.63, 3.8) is 0 Å². The number of nitrogens with zero attached hydrogens (tertiary/aromatic N) is 4. The van der Waals surface area contributed by atoms with Crippen LogP contribution < -0.4 is 10.9 Å². The number of aromatic carboxylic acids is 1. The molecule has 152 valence electrons. The second-order valence-electron chi connectivity index (χ2n) is 6.51. The van der Waals surface area contributed by atoms with Crippen molar-refractivity contribution in [1.29, 1.82) is 0 Å². The molecule has 0 aliphatic heterocycles. The third kappa shape index (κ3) is 3.72. The van der Waals surface area contributed by atoms with E-state index in [9.17, 15) is 19.5 Å². The Labute approximate surface area is 177 Å². The Morgan fingerprint density at radius 2 is 2.03 bits per heavy atom. The molecule has 3 heterocycles. The average molecular weight is 441 g/mol. The van der Waals surface area contributed by atoms with Gasteiger partial charge < -0.3 is 5.11 Å². The molecule has 2 N–H and O–H groups in total. The molecule has 0 radical (unpaired) electrons. The molecule has 4 aromatic rings. The smallest absolute Gasteiger partial charge is 0.337 e. The maximum absolute atomic E-state index is 13.2. The van der Waals surface area contributed by atoms with Gasteiger partial charge in [0.15, 0.2) is 0 Å². The van der Waals surface area contributed by atoms with Crippen LogP contribution in [-0.4, -0.2) is 36.7 Å². The molecule has 3 aromatic heterocycles. The summed E-state index contributed by atoms with van der Waals surface area (Å²) in [4.78, 5) is 42.2. The molecule has 1 amide bonds. The first-order valence-corrected chi connectivity index (χ1v) is 10.5. The van der Waals surface area contributed by atoms with E-state index in [0.29, 0.717) is 26.4 Å². The van der Waals surface area contributed by atoms with Gasteiger partial charge in [0.1, 0.15) is 22.2 Å². The van der Waals surface area contributed by atoms with Crippen LogP contribution in [0.5, 0.6) is 0 Å². The molecule has 0 bridgehead atoms. The lowest BCUT2D eigenvalue weighted by Gasteiger charge is -2.13. The summed E-state index contributed by atoms with van der Waals surface area (Å²) < 4.78 is 1.19. The van der Waals surface area contributed by atoms with Crippen molar-refractivity contribution < 1.29 is 14.7 Å². The number of carbonyl (C=O) groups is 2. The van der Waals surface area contributed by atoms with Crippen molar-refractivity contribution >= 4 is 49.9 Å². The van der Waals surface area contributed by atoms with Crippen LogP contribution >= 0.6 is 22.7 Å². The number of nitrogens with one attached hydrogen (secondary N) is 1. The van der Waals surface area contributed by atoms with Gasteiger partial charge >= 0.3 is 5.97 Å². The Kier molecular flexibility index (Phi) is 5.14. The molecule has 30 heavy (non-hydrogen) atoms. The fourth-order valence-corrected chi connectivity index (χ4v) is 4.49. The summed E-state index contributed by atoms with van der Waals surface area (Å²) in [5.41, 5.74) is 0.898. The first-order valence-electron chi connectivity index (χ1n) is 8.76. The Bertz CT molecular complexity index is 1350. The standard InChI is InChI=1S/C19H15N5O4S2/c1-9-4-3-5-11(6-9)15-21-16-14(12(8-29-16)18(27)28)17(26)24(15)7-13(25)20-19-23-22-10(2)30-19/h3-6,8H,7H2,1-2H3,(H,27,28)(H,20,23,25). The molecule has 4 rings (SSSR count). The molecule has 0 atom stereocenters. The monoisotopic (exact) mass is 441 g/mol. The summed E-state index contributed by atoms with van der Waals surface area (Å²) in [7, 11) is 0. The fraction of sp³-hybridized carbons (Fsp3) is 0.158.